The highest BCUT2D eigenvalue weighted by Crippen LogP contribution is 2.21. The van der Waals surface area contributed by atoms with Crippen LogP contribution in [0.3, 0.4) is 0 Å². The summed E-state index contributed by atoms with van der Waals surface area (Å²) >= 11 is 5.82. The molecule has 0 radical (unpaired) electrons. The van der Waals surface area contributed by atoms with Crippen LogP contribution in [0.15, 0.2) is 72.0 Å². The number of rotatable bonds is 5. The predicted molar refractivity (Wildman–Crippen MR) is 115 cm³/mol. The molecule has 4 rings (SSSR count). The molecule has 150 valence electrons. The number of carbonyl (C=O) groups is 2. The topological polar surface area (TPSA) is 96.3 Å². The van der Waals surface area contributed by atoms with E-state index in [1.54, 1.807) is 0 Å². The number of fused-ring (bicyclic) bond motifs is 1. The summed E-state index contributed by atoms with van der Waals surface area (Å²) in [5.41, 5.74) is 3.34. The highest BCUT2D eigenvalue weighted by atomic mass is 35.5. The second-order valence-corrected chi connectivity index (χ2v) is 7.08. The lowest BCUT2D eigenvalue weighted by Crippen LogP contribution is -2.42. The van der Waals surface area contributed by atoms with E-state index < -0.39 is 6.17 Å². The fourth-order valence-electron chi connectivity index (χ4n) is 3.20. The third kappa shape index (κ3) is 4.52. The van der Waals surface area contributed by atoms with Gasteiger partial charge in [0.05, 0.1) is 12.3 Å². The smallest absolute Gasteiger partial charge is 0.241 e. The Morgan fingerprint density at radius 3 is 2.63 bits per heavy atom. The molecule has 1 atom stereocenters. The SMILES string of the molecule is O=C(CNc1cc(Cl)ncn1)N[C@H]1N=C(c2ccccc2)c2ccccc2CC1=O. The molecule has 0 saturated carbocycles. The van der Waals surface area contributed by atoms with Gasteiger partial charge >= 0.3 is 0 Å². The van der Waals surface area contributed by atoms with Crippen LogP contribution in [0.25, 0.3) is 0 Å². The molecule has 0 aliphatic carbocycles. The number of hydrogen-bond donors (Lipinski definition) is 2. The van der Waals surface area contributed by atoms with Crippen LogP contribution in [0.2, 0.25) is 5.15 Å². The highest BCUT2D eigenvalue weighted by molar-refractivity contribution is 6.29. The summed E-state index contributed by atoms with van der Waals surface area (Å²) < 4.78 is 0. The largest absolute Gasteiger partial charge is 0.361 e. The van der Waals surface area contributed by atoms with Crippen molar-refractivity contribution in [1.82, 2.24) is 15.3 Å². The Bertz CT molecular complexity index is 1120. The number of ketones is 1. The predicted octanol–water partition coefficient (Wildman–Crippen LogP) is 2.65. The number of amides is 1. The van der Waals surface area contributed by atoms with E-state index in [9.17, 15) is 9.59 Å². The summed E-state index contributed by atoms with van der Waals surface area (Å²) in [7, 11) is 0. The van der Waals surface area contributed by atoms with E-state index in [2.05, 4.69) is 25.6 Å². The van der Waals surface area contributed by atoms with Gasteiger partial charge in [-0.1, -0.05) is 66.2 Å². The number of hydrogen-bond acceptors (Lipinski definition) is 6. The van der Waals surface area contributed by atoms with Gasteiger partial charge in [-0.2, -0.15) is 0 Å². The van der Waals surface area contributed by atoms with E-state index in [0.29, 0.717) is 11.5 Å². The van der Waals surface area contributed by atoms with E-state index in [1.165, 1.54) is 12.4 Å². The second kappa shape index (κ2) is 8.84. The van der Waals surface area contributed by atoms with Crippen LogP contribution in [0, 0.1) is 0 Å². The molecule has 0 spiro atoms. The van der Waals surface area contributed by atoms with Gasteiger partial charge in [0.15, 0.2) is 11.9 Å². The van der Waals surface area contributed by atoms with Gasteiger partial charge in [0, 0.05) is 23.6 Å². The van der Waals surface area contributed by atoms with Crippen LogP contribution in [0.4, 0.5) is 5.82 Å². The number of anilines is 1. The second-order valence-electron chi connectivity index (χ2n) is 6.69. The van der Waals surface area contributed by atoms with Gasteiger partial charge in [-0.25, -0.2) is 9.97 Å². The summed E-state index contributed by atoms with van der Waals surface area (Å²) in [4.78, 5) is 37.7. The minimum atomic E-state index is -0.976. The Balaban J connectivity index is 1.56. The number of halogens is 1. The van der Waals surface area contributed by atoms with Crippen molar-refractivity contribution in [1.29, 1.82) is 0 Å². The molecule has 30 heavy (non-hydrogen) atoms. The lowest BCUT2D eigenvalue weighted by atomic mass is 9.96. The summed E-state index contributed by atoms with van der Waals surface area (Å²) in [5.74, 6) is -0.143. The first-order chi connectivity index (χ1) is 14.6. The summed E-state index contributed by atoms with van der Waals surface area (Å²) in [6.45, 7) is -0.0831. The van der Waals surface area contributed by atoms with Crippen molar-refractivity contribution in [2.24, 2.45) is 4.99 Å². The third-order valence-electron chi connectivity index (χ3n) is 4.61. The molecule has 2 heterocycles. The maximum Gasteiger partial charge on any atom is 0.241 e. The zero-order valence-electron chi connectivity index (χ0n) is 15.9. The monoisotopic (exact) mass is 419 g/mol. The van der Waals surface area contributed by atoms with E-state index in [-0.39, 0.29) is 29.8 Å². The first-order valence-corrected chi connectivity index (χ1v) is 9.73. The van der Waals surface area contributed by atoms with E-state index in [4.69, 9.17) is 11.6 Å². The van der Waals surface area contributed by atoms with Crippen molar-refractivity contribution in [2.45, 2.75) is 12.6 Å². The van der Waals surface area contributed by atoms with Gasteiger partial charge in [0.1, 0.15) is 17.3 Å². The average molecular weight is 420 g/mol. The maximum atomic E-state index is 12.8. The molecule has 2 aromatic carbocycles. The average Bonchev–Trinajstić information content (AvgIpc) is 2.89. The van der Waals surface area contributed by atoms with Crippen LogP contribution in [-0.4, -0.2) is 40.1 Å². The third-order valence-corrected chi connectivity index (χ3v) is 4.82. The number of carbonyl (C=O) groups excluding carboxylic acids is 2. The molecule has 0 unspecified atom stereocenters. The quantitative estimate of drug-likeness (QED) is 0.620. The number of Topliss-reactive ketones (excluding diaryl/α,β-unsaturated/α-hetero) is 1. The first-order valence-electron chi connectivity index (χ1n) is 9.35. The number of benzene rings is 2. The van der Waals surface area contributed by atoms with Gasteiger partial charge in [0.2, 0.25) is 5.91 Å². The lowest BCUT2D eigenvalue weighted by molar-refractivity contribution is -0.126. The van der Waals surface area contributed by atoms with E-state index in [0.717, 1.165) is 16.7 Å². The lowest BCUT2D eigenvalue weighted by Gasteiger charge is -2.14. The van der Waals surface area contributed by atoms with Crippen molar-refractivity contribution >= 4 is 34.8 Å². The molecule has 0 bridgehead atoms. The molecule has 7 nitrogen and oxygen atoms in total. The van der Waals surface area contributed by atoms with Crippen molar-refractivity contribution in [2.75, 3.05) is 11.9 Å². The Labute approximate surface area is 178 Å². The summed E-state index contributed by atoms with van der Waals surface area (Å²) in [6, 6.07) is 18.8. The standard InChI is InChI=1S/C22H18ClN5O2/c23-18-11-19(26-13-25-18)24-12-20(30)27-22-17(29)10-15-8-4-5-9-16(15)21(28-22)14-6-2-1-3-7-14/h1-9,11,13,22H,10,12H2,(H,27,30)(H,24,25,26)/t22-/m0/s1. The zero-order chi connectivity index (χ0) is 20.9. The van der Waals surface area contributed by atoms with Crippen LogP contribution >= 0.6 is 11.6 Å². The van der Waals surface area contributed by atoms with Crippen molar-refractivity contribution in [3.63, 3.8) is 0 Å². The van der Waals surface area contributed by atoms with Gasteiger partial charge < -0.3 is 10.6 Å². The Hall–Kier alpha value is -3.58. The van der Waals surface area contributed by atoms with Gasteiger partial charge in [-0.15, -0.1) is 0 Å². The fourth-order valence-corrected chi connectivity index (χ4v) is 3.35. The normalized spacial score (nSPS) is 15.6. The first kappa shape index (κ1) is 19.7. The van der Waals surface area contributed by atoms with E-state index in [1.807, 2.05) is 54.6 Å². The molecular weight excluding hydrogens is 402 g/mol. The van der Waals surface area contributed by atoms with Crippen molar-refractivity contribution in [3.05, 3.63) is 88.8 Å². The molecule has 0 saturated heterocycles. The van der Waals surface area contributed by atoms with Crippen LogP contribution in [0.5, 0.6) is 0 Å². The molecular formula is C22H18ClN5O2. The Morgan fingerprint density at radius 2 is 1.83 bits per heavy atom. The number of aliphatic imine (C=N–C) groups is 1. The number of nitrogens with zero attached hydrogens (tertiary/aromatic N) is 3. The fraction of sp³-hybridized carbons (Fsp3) is 0.136. The van der Waals surface area contributed by atoms with Gasteiger partial charge in [-0.05, 0) is 5.56 Å². The Morgan fingerprint density at radius 1 is 1.07 bits per heavy atom. The summed E-state index contributed by atoms with van der Waals surface area (Å²) in [6.07, 6.45) is 0.511. The minimum absolute atomic E-state index is 0.0831. The molecule has 1 amide bonds. The van der Waals surface area contributed by atoms with Crippen molar-refractivity contribution in [3.8, 4) is 0 Å². The van der Waals surface area contributed by atoms with E-state index >= 15 is 0 Å². The van der Waals surface area contributed by atoms with Crippen LogP contribution in [-0.2, 0) is 16.0 Å². The van der Waals surface area contributed by atoms with Crippen LogP contribution < -0.4 is 10.6 Å². The number of aromatic nitrogens is 2. The Kier molecular flexibility index (Phi) is 5.81. The van der Waals surface area contributed by atoms with Crippen molar-refractivity contribution < 1.29 is 9.59 Å². The molecule has 8 heteroatoms. The van der Waals surface area contributed by atoms with Gasteiger partial charge in [0.25, 0.3) is 0 Å². The van der Waals surface area contributed by atoms with Gasteiger partial charge in [-0.3, -0.25) is 14.6 Å². The molecule has 0 fully saturated rings. The highest BCUT2D eigenvalue weighted by Gasteiger charge is 2.27. The molecule has 1 aliphatic heterocycles. The number of nitrogens with one attached hydrogen (secondary N) is 2. The maximum absolute atomic E-state index is 12.8. The molecule has 1 aromatic heterocycles. The van der Waals surface area contributed by atoms with Crippen LogP contribution in [0.1, 0.15) is 16.7 Å². The molecule has 2 N–H and O–H groups in total. The molecule has 1 aliphatic rings. The minimum Gasteiger partial charge on any atom is -0.361 e. The zero-order valence-corrected chi connectivity index (χ0v) is 16.6. The molecule has 3 aromatic rings. The summed E-state index contributed by atoms with van der Waals surface area (Å²) in [5, 5.41) is 5.84.